The summed E-state index contributed by atoms with van der Waals surface area (Å²) in [5, 5.41) is 3.38. The lowest BCUT2D eigenvalue weighted by atomic mass is 9.92. The van der Waals surface area contributed by atoms with Crippen LogP contribution in [-0.4, -0.2) is 13.1 Å². The summed E-state index contributed by atoms with van der Waals surface area (Å²) in [6, 6.07) is 19.3. The highest BCUT2D eigenvalue weighted by Gasteiger charge is 2.22. The lowest BCUT2D eigenvalue weighted by molar-refractivity contribution is 0.470. The van der Waals surface area contributed by atoms with Crippen LogP contribution in [0.1, 0.15) is 18.0 Å². The lowest BCUT2D eigenvalue weighted by Gasteiger charge is -2.18. The second-order valence-electron chi connectivity index (χ2n) is 5.27. The molecule has 1 aliphatic rings. The fraction of sp³-hybridized carbons (Fsp3) is 0.294. The molecule has 3 N–H and O–H groups in total. The molecule has 1 saturated heterocycles. The Hall–Kier alpha value is -1.64. The van der Waals surface area contributed by atoms with Gasteiger partial charge in [-0.05, 0) is 42.1 Å². The quantitative estimate of drug-likeness (QED) is 0.881. The molecular weight excluding hydrogens is 232 g/mol. The van der Waals surface area contributed by atoms with Gasteiger partial charge in [0.2, 0.25) is 0 Å². The van der Waals surface area contributed by atoms with E-state index in [1.54, 1.807) is 0 Å². The highest BCUT2D eigenvalue weighted by atomic mass is 14.9. The molecule has 2 heteroatoms. The van der Waals surface area contributed by atoms with Crippen molar-refractivity contribution in [3.05, 3.63) is 60.2 Å². The third kappa shape index (κ3) is 2.70. The Labute approximate surface area is 114 Å². The van der Waals surface area contributed by atoms with E-state index in [0.29, 0.717) is 5.92 Å². The summed E-state index contributed by atoms with van der Waals surface area (Å²) in [5.74, 6) is 0.572. The predicted molar refractivity (Wildman–Crippen MR) is 79.8 cm³/mol. The van der Waals surface area contributed by atoms with Gasteiger partial charge < -0.3 is 11.1 Å². The van der Waals surface area contributed by atoms with Crippen molar-refractivity contribution in [2.45, 2.75) is 12.5 Å². The zero-order valence-electron chi connectivity index (χ0n) is 11.0. The molecule has 2 atom stereocenters. The van der Waals surface area contributed by atoms with E-state index in [-0.39, 0.29) is 6.04 Å². The molecule has 2 aromatic carbocycles. The highest BCUT2D eigenvalue weighted by molar-refractivity contribution is 5.63. The molecule has 1 aliphatic heterocycles. The normalized spacial score (nSPS) is 20.4. The van der Waals surface area contributed by atoms with Gasteiger partial charge in [-0.2, -0.15) is 0 Å². The summed E-state index contributed by atoms with van der Waals surface area (Å²) in [6.45, 7) is 2.14. The third-order valence-electron chi connectivity index (χ3n) is 4.01. The number of hydrogen-bond acceptors (Lipinski definition) is 2. The van der Waals surface area contributed by atoms with Crippen molar-refractivity contribution in [2.24, 2.45) is 11.7 Å². The summed E-state index contributed by atoms with van der Waals surface area (Å²) in [4.78, 5) is 0. The average Bonchev–Trinajstić information content (AvgIpc) is 3.02. The van der Waals surface area contributed by atoms with Gasteiger partial charge in [-0.15, -0.1) is 0 Å². The summed E-state index contributed by atoms with van der Waals surface area (Å²) in [6.07, 6.45) is 1.18. The van der Waals surface area contributed by atoms with Crippen molar-refractivity contribution in [3.8, 4) is 11.1 Å². The Balaban J connectivity index is 1.79. The zero-order valence-corrected chi connectivity index (χ0v) is 11.0. The van der Waals surface area contributed by atoms with Gasteiger partial charge in [-0.1, -0.05) is 54.6 Å². The van der Waals surface area contributed by atoms with Gasteiger partial charge >= 0.3 is 0 Å². The number of hydrogen-bond donors (Lipinski definition) is 2. The number of nitrogens with two attached hydrogens (primary N) is 1. The van der Waals surface area contributed by atoms with Crippen molar-refractivity contribution in [2.75, 3.05) is 13.1 Å². The highest BCUT2D eigenvalue weighted by Crippen LogP contribution is 2.26. The van der Waals surface area contributed by atoms with E-state index in [0.717, 1.165) is 13.1 Å². The molecule has 0 aromatic heterocycles. The molecular formula is C17H20N2. The van der Waals surface area contributed by atoms with E-state index in [9.17, 15) is 0 Å². The maximum Gasteiger partial charge on any atom is 0.0336 e. The minimum absolute atomic E-state index is 0.153. The van der Waals surface area contributed by atoms with Crippen LogP contribution in [0.4, 0.5) is 0 Å². The summed E-state index contributed by atoms with van der Waals surface area (Å²) >= 11 is 0. The third-order valence-corrected chi connectivity index (χ3v) is 4.01. The lowest BCUT2D eigenvalue weighted by Crippen LogP contribution is -2.23. The average molecular weight is 252 g/mol. The maximum atomic E-state index is 6.35. The van der Waals surface area contributed by atoms with Crippen LogP contribution in [0.25, 0.3) is 11.1 Å². The van der Waals surface area contributed by atoms with E-state index in [1.807, 2.05) is 6.07 Å². The van der Waals surface area contributed by atoms with Gasteiger partial charge in [-0.3, -0.25) is 0 Å². The summed E-state index contributed by atoms with van der Waals surface area (Å²) in [5.41, 5.74) is 10.1. The van der Waals surface area contributed by atoms with E-state index in [1.165, 1.54) is 23.1 Å². The zero-order chi connectivity index (χ0) is 13.1. The SMILES string of the molecule is NC(c1ccc(-c2ccccc2)cc1)C1CCNC1. The van der Waals surface area contributed by atoms with Crippen LogP contribution >= 0.6 is 0 Å². The van der Waals surface area contributed by atoms with Gasteiger partial charge in [0.25, 0.3) is 0 Å². The first-order chi connectivity index (χ1) is 9.34. The van der Waals surface area contributed by atoms with E-state index >= 15 is 0 Å². The molecule has 3 rings (SSSR count). The Morgan fingerprint density at radius 1 is 0.947 bits per heavy atom. The van der Waals surface area contributed by atoms with Crippen LogP contribution in [-0.2, 0) is 0 Å². The van der Waals surface area contributed by atoms with Gasteiger partial charge in [0.1, 0.15) is 0 Å². The van der Waals surface area contributed by atoms with Crippen LogP contribution in [0, 0.1) is 5.92 Å². The molecule has 0 aliphatic carbocycles. The Morgan fingerprint density at radius 2 is 1.63 bits per heavy atom. The van der Waals surface area contributed by atoms with Crippen LogP contribution in [0.5, 0.6) is 0 Å². The second-order valence-corrected chi connectivity index (χ2v) is 5.27. The van der Waals surface area contributed by atoms with Gasteiger partial charge in [-0.25, -0.2) is 0 Å². The fourth-order valence-corrected chi connectivity index (χ4v) is 2.78. The molecule has 2 aromatic rings. The largest absolute Gasteiger partial charge is 0.324 e. The second kappa shape index (κ2) is 5.55. The summed E-state index contributed by atoms with van der Waals surface area (Å²) < 4.78 is 0. The fourth-order valence-electron chi connectivity index (χ4n) is 2.78. The first-order valence-corrected chi connectivity index (χ1v) is 6.96. The smallest absolute Gasteiger partial charge is 0.0336 e. The molecule has 1 fully saturated rings. The monoisotopic (exact) mass is 252 g/mol. The first-order valence-electron chi connectivity index (χ1n) is 6.96. The standard InChI is InChI=1S/C17H20N2/c18-17(16-10-11-19-12-16)15-8-6-14(7-9-15)13-4-2-1-3-5-13/h1-9,16-17,19H,10-12,18H2. The first kappa shape index (κ1) is 12.4. The summed E-state index contributed by atoms with van der Waals surface area (Å²) in [7, 11) is 0. The van der Waals surface area contributed by atoms with Crippen molar-refractivity contribution >= 4 is 0 Å². The minimum atomic E-state index is 0.153. The Morgan fingerprint density at radius 3 is 2.26 bits per heavy atom. The Bertz CT molecular complexity index is 513. The number of nitrogens with one attached hydrogen (secondary N) is 1. The molecule has 0 radical (unpaired) electrons. The van der Waals surface area contributed by atoms with Crippen molar-refractivity contribution in [1.29, 1.82) is 0 Å². The molecule has 98 valence electrons. The van der Waals surface area contributed by atoms with Crippen molar-refractivity contribution < 1.29 is 0 Å². The van der Waals surface area contributed by atoms with Crippen molar-refractivity contribution in [3.63, 3.8) is 0 Å². The molecule has 0 spiro atoms. The van der Waals surface area contributed by atoms with Crippen molar-refractivity contribution in [1.82, 2.24) is 5.32 Å². The number of benzene rings is 2. The predicted octanol–water partition coefficient (Wildman–Crippen LogP) is 2.96. The van der Waals surface area contributed by atoms with Gasteiger partial charge in [0.05, 0.1) is 0 Å². The number of rotatable bonds is 3. The van der Waals surface area contributed by atoms with E-state index < -0.39 is 0 Å². The van der Waals surface area contributed by atoms with Gasteiger partial charge in [0, 0.05) is 6.04 Å². The van der Waals surface area contributed by atoms with Crippen LogP contribution in [0.3, 0.4) is 0 Å². The molecule has 0 saturated carbocycles. The molecule has 2 unspecified atom stereocenters. The molecule has 1 heterocycles. The maximum absolute atomic E-state index is 6.35. The molecule has 2 nitrogen and oxygen atoms in total. The van der Waals surface area contributed by atoms with Crippen LogP contribution < -0.4 is 11.1 Å². The topological polar surface area (TPSA) is 38.0 Å². The van der Waals surface area contributed by atoms with Gasteiger partial charge in [0.15, 0.2) is 0 Å². The molecule has 0 amide bonds. The molecule has 0 bridgehead atoms. The Kier molecular flexibility index (Phi) is 3.62. The van der Waals surface area contributed by atoms with E-state index in [2.05, 4.69) is 53.8 Å². The molecule has 19 heavy (non-hydrogen) atoms. The van der Waals surface area contributed by atoms with Crippen LogP contribution in [0.2, 0.25) is 0 Å². The van der Waals surface area contributed by atoms with E-state index in [4.69, 9.17) is 5.73 Å². The minimum Gasteiger partial charge on any atom is -0.324 e. The van der Waals surface area contributed by atoms with Crippen LogP contribution in [0.15, 0.2) is 54.6 Å².